The Balaban J connectivity index is 1.42. The monoisotopic (exact) mass is 573 g/mol. The molecule has 0 N–H and O–H groups in total. The second kappa shape index (κ2) is 10.1. The van der Waals surface area contributed by atoms with E-state index in [-0.39, 0.29) is 23.7 Å². The first kappa shape index (κ1) is 28.2. The maximum atomic E-state index is 13.7. The van der Waals surface area contributed by atoms with E-state index in [4.69, 9.17) is 23.5 Å². The fourth-order valence-corrected chi connectivity index (χ4v) is 7.21. The van der Waals surface area contributed by atoms with Gasteiger partial charge >= 0.3 is 0 Å². The molecule has 6 radical (unpaired) electrons. The van der Waals surface area contributed by atoms with Crippen LogP contribution in [0.5, 0.6) is 0 Å². The third-order valence-electron chi connectivity index (χ3n) is 7.93. The SMILES string of the molecule is [B]C([B])([B])n1ncc(S(=O)(=O)N2CCC(Cc3ccccc3)(c3cc4cnn(-c5ccc(=O)n(C)c5)c4cc3C)C2)n1. The van der Waals surface area contributed by atoms with E-state index in [0.717, 1.165) is 44.3 Å². The van der Waals surface area contributed by atoms with E-state index in [0.29, 0.717) is 12.8 Å². The van der Waals surface area contributed by atoms with E-state index in [2.05, 4.69) is 39.6 Å². The van der Waals surface area contributed by atoms with Crippen LogP contribution >= 0.6 is 0 Å². The number of aryl methyl sites for hydroxylation is 2. The zero-order valence-electron chi connectivity index (χ0n) is 23.3. The summed E-state index contributed by atoms with van der Waals surface area (Å²) in [4.78, 5) is 12.7. The lowest BCUT2D eigenvalue weighted by Gasteiger charge is -2.32. The lowest BCUT2D eigenvalue weighted by atomic mass is 9.50. The highest BCUT2D eigenvalue weighted by atomic mass is 32.2. The number of rotatable bonds is 7. The first-order valence-corrected chi connectivity index (χ1v) is 14.8. The van der Waals surface area contributed by atoms with Crippen molar-refractivity contribution < 1.29 is 8.42 Å². The Morgan fingerprint density at radius 3 is 2.48 bits per heavy atom. The Hall–Kier alpha value is -3.90. The summed E-state index contributed by atoms with van der Waals surface area (Å²) < 4.78 is 32.2. The molecule has 2 aromatic carbocycles. The molecule has 4 heterocycles. The van der Waals surface area contributed by atoms with E-state index in [1.165, 1.54) is 14.9 Å². The van der Waals surface area contributed by atoms with Crippen molar-refractivity contribution in [3.8, 4) is 5.69 Å². The van der Waals surface area contributed by atoms with Gasteiger partial charge in [-0.2, -0.15) is 14.5 Å². The Bertz CT molecular complexity index is 1970. The molecule has 1 saturated heterocycles. The smallest absolute Gasteiger partial charge is 0.264 e. The van der Waals surface area contributed by atoms with E-state index in [1.54, 1.807) is 30.2 Å². The molecule has 206 valence electrons. The minimum atomic E-state index is -4.02. The molecule has 1 aliphatic heterocycles. The largest absolute Gasteiger partial charge is 0.316 e. The minimum Gasteiger partial charge on any atom is -0.316 e. The van der Waals surface area contributed by atoms with Crippen LogP contribution in [-0.2, 0) is 34.1 Å². The van der Waals surface area contributed by atoms with Crippen molar-refractivity contribution in [3.63, 3.8) is 0 Å². The number of nitrogens with zero attached hydrogens (tertiary/aromatic N) is 7. The molecule has 14 heteroatoms. The predicted octanol–water partition coefficient (Wildman–Crippen LogP) is 1.27. The summed E-state index contributed by atoms with van der Waals surface area (Å²) in [6, 6.07) is 17.5. The van der Waals surface area contributed by atoms with Gasteiger partial charge in [0.2, 0.25) is 10.6 Å². The van der Waals surface area contributed by atoms with Crippen molar-refractivity contribution in [1.82, 2.24) is 33.6 Å². The molecule has 0 saturated carbocycles. The van der Waals surface area contributed by atoms with Gasteiger partial charge in [-0.1, -0.05) is 30.3 Å². The molecule has 1 atom stereocenters. The van der Waals surface area contributed by atoms with Crippen LogP contribution in [-0.4, -0.2) is 78.7 Å². The van der Waals surface area contributed by atoms with Crippen LogP contribution in [0.2, 0.25) is 0 Å². The fraction of sp³-hybridized carbons (Fsp3) is 0.286. The Morgan fingerprint density at radius 1 is 1.02 bits per heavy atom. The summed E-state index contributed by atoms with van der Waals surface area (Å²) in [7, 11) is 14.6. The third-order valence-corrected chi connectivity index (χ3v) is 9.63. The maximum absolute atomic E-state index is 13.7. The highest BCUT2D eigenvalue weighted by Gasteiger charge is 2.46. The average Bonchev–Trinajstić information content (AvgIpc) is 3.70. The van der Waals surface area contributed by atoms with E-state index in [1.807, 2.05) is 25.1 Å². The van der Waals surface area contributed by atoms with Gasteiger partial charge in [-0.3, -0.25) is 4.79 Å². The van der Waals surface area contributed by atoms with Crippen molar-refractivity contribution in [2.75, 3.05) is 13.1 Å². The molecule has 6 rings (SSSR count). The topological polar surface area (TPSA) is 108 Å². The molecule has 10 nitrogen and oxygen atoms in total. The molecule has 0 spiro atoms. The van der Waals surface area contributed by atoms with E-state index in [9.17, 15) is 13.2 Å². The van der Waals surface area contributed by atoms with Gasteiger partial charge in [0.15, 0.2) is 0 Å². The summed E-state index contributed by atoms with van der Waals surface area (Å²) in [5.41, 5.74) is 4.18. The summed E-state index contributed by atoms with van der Waals surface area (Å²) in [5, 5.41) is 11.2. The number of pyridine rings is 1. The van der Waals surface area contributed by atoms with Gasteiger partial charge in [0.1, 0.15) is 0 Å². The molecule has 1 aliphatic rings. The highest BCUT2D eigenvalue weighted by Crippen LogP contribution is 2.42. The predicted molar refractivity (Wildman–Crippen MR) is 162 cm³/mol. The summed E-state index contributed by atoms with van der Waals surface area (Å²) in [6.45, 7) is 2.55. The van der Waals surface area contributed by atoms with Crippen LogP contribution in [0.15, 0.2) is 83.0 Å². The van der Waals surface area contributed by atoms with Gasteiger partial charge in [-0.15, -0.1) is 5.10 Å². The summed E-state index contributed by atoms with van der Waals surface area (Å²) >= 11 is 0. The molecule has 0 aliphatic carbocycles. The molecule has 0 bridgehead atoms. The molecule has 0 amide bonds. The number of hydrogen-bond acceptors (Lipinski definition) is 6. The van der Waals surface area contributed by atoms with Crippen molar-refractivity contribution in [1.29, 1.82) is 0 Å². The third kappa shape index (κ3) is 4.92. The van der Waals surface area contributed by atoms with E-state index < -0.39 is 20.7 Å². The van der Waals surface area contributed by atoms with Crippen molar-refractivity contribution in [3.05, 3.63) is 100 Å². The molecule has 42 heavy (non-hydrogen) atoms. The quantitative estimate of drug-likeness (QED) is 0.272. The standard InChI is InChI=1S/C28H26B3N7O3S/c1-19-12-24-21(15-32-37(24)22-8-9-26(39)35(2)17-22)13-23(19)27(14-20-6-4-3-5-7-20)10-11-36(18-27)42(40,41)25-16-33-38(34-25)28(29,30)31/h3-9,12-13,15-17H,10-11,14,18H2,1-2H3. The van der Waals surface area contributed by atoms with Crippen molar-refractivity contribution in [2.24, 2.45) is 7.05 Å². The molecule has 3 aromatic heterocycles. The first-order chi connectivity index (χ1) is 19.9. The van der Waals surface area contributed by atoms with Gasteiger partial charge in [-0.25, -0.2) is 17.9 Å². The van der Waals surface area contributed by atoms with Crippen molar-refractivity contribution >= 4 is 44.5 Å². The van der Waals surface area contributed by atoms with Gasteiger partial charge in [-0.05, 0) is 59.9 Å². The minimum absolute atomic E-state index is 0.103. The van der Waals surface area contributed by atoms with Gasteiger partial charge < -0.3 is 4.57 Å². The van der Waals surface area contributed by atoms with Gasteiger partial charge in [0.05, 0.1) is 47.1 Å². The maximum Gasteiger partial charge on any atom is 0.264 e. The zero-order valence-corrected chi connectivity index (χ0v) is 24.1. The number of sulfonamides is 1. The molecular weight excluding hydrogens is 547 g/mol. The van der Waals surface area contributed by atoms with Crippen LogP contribution in [0.1, 0.15) is 23.1 Å². The van der Waals surface area contributed by atoms with Crippen LogP contribution in [0.25, 0.3) is 16.6 Å². The average molecular weight is 573 g/mol. The number of benzene rings is 2. The van der Waals surface area contributed by atoms with Crippen LogP contribution in [0, 0.1) is 6.92 Å². The first-order valence-electron chi connectivity index (χ1n) is 13.4. The van der Waals surface area contributed by atoms with Crippen molar-refractivity contribution in [2.45, 2.75) is 35.4 Å². The number of hydrogen-bond donors (Lipinski definition) is 0. The van der Waals surface area contributed by atoms with Gasteiger partial charge in [0, 0.05) is 43.2 Å². The summed E-state index contributed by atoms with van der Waals surface area (Å²) in [6.07, 6.45) is 5.87. The van der Waals surface area contributed by atoms with E-state index >= 15 is 0 Å². The Morgan fingerprint density at radius 2 is 1.79 bits per heavy atom. The summed E-state index contributed by atoms with van der Waals surface area (Å²) in [5.74, 6) is 0. The fourth-order valence-electron chi connectivity index (χ4n) is 5.83. The molecule has 5 aromatic rings. The number of fused-ring (bicyclic) bond motifs is 1. The van der Waals surface area contributed by atoms with Crippen LogP contribution in [0.4, 0.5) is 0 Å². The second-order valence-corrected chi connectivity index (χ2v) is 12.9. The Kier molecular flexibility index (Phi) is 6.81. The lowest BCUT2D eigenvalue weighted by molar-refractivity contribution is 0.411. The second-order valence-electron chi connectivity index (χ2n) is 11.0. The lowest BCUT2D eigenvalue weighted by Crippen LogP contribution is -2.38. The van der Waals surface area contributed by atoms with Crippen LogP contribution < -0.4 is 5.56 Å². The highest BCUT2D eigenvalue weighted by molar-refractivity contribution is 7.89. The number of aromatic nitrogens is 6. The Labute approximate surface area is 247 Å². The molecule has 1 fully saturated rings. The molecular formula is C28H26B3N7O3S. The van der Waals surface area contributed by atoms with Gasteiger partial charge in [0.25, 0.3) is 10.0 Å². The molecule has 1 unspecified atom stereocenters. The van der Waals surface area contributed by atoms with Crippen LogP contribution in [0.3, 0.4) is 0 Å². The zero-order chi connectivity index (χ0) is 29.9. The normalized spacial score (nSPS) is 18.1.